The number of sulfonamides is 1. The Kier molecular flexibility index (Phi) is 4.54. The smallest absolute Gasteiger partial charge is 0.341 e. The van der Waals surface area contributed by atoms with Gasteiger partial charge in [0, 0.05) is 25.2 Å². The van der Waals surface area contributed by atoms with Crippen LogP contribution < -0.4 is 10.5 Å². The van der Waals surface area contributed by atoms with Crippen LogP contribution in [0.2, 0.25) is 0 Å². The van der Waals surface area contributed by atoms with E-state index in [2.05, 4.69) is 4.74 Å². The van der Waals surface area contributed by atoms with Crippen molar-refractivity contribution in [1.29, 1.82) is 0 Å². The standard InChI is InChI=1S/C16H22N2O5S/c1-22-15-7-11(4-5-12(15)16(19)23-2)24(20,21)18-8-10-3-6-14(17)13(10)9-18/h4-5,7,10,13-14H,3,6,8-9,17H2,1-2H3. The molecule has 0 bridgehead atoms. The van der Waals surface area contributed by atoms with Crippen molar-refractivity contribution in [2.24, 2.45) is 17.6 Å². The molecule has 3 rings (SSSR count). The number of hydrogen-bond donors (Lipinski definition) is 1. The Morgan fingerprint density at radius 3 is 2.62 bits per heavy atom. The lowest BCUT2D eigenvalue weighted by atomic mass is 9.98. The molecule has 3 atom stereocenters. The fourth-order valence-corrected chi connectivity index (χ4v) is 5.27. The number of carbonyl (C=O) groups is 1. The first-order chi connectivity index (χ1) is 11.4. The van der Waals surface area contributed by atoms with Gasteiger partial charge in [0.25, 0.3) is 0 Å². The van der Waals surface area contributed by atoms with Crippen molar-refractivity contribution in [2.45, 2.75) is 23.8 Å². The van der Waals surface area contributed by atoms with E-state index in [1.54, 1.807) is 0 Å². The monoisotopic (exact) mass is 354 g/mol. The number of fused-ring (bicyclic) bond motifs is 1. The van der Waals surface area contributed by atoms with Crippen LogP contribution in [0.15, 0.2) is 23.1 Å². The van der Waals surface area contributed by atoms with Gasteiger partial charge in [-0.1, -0.05) is 0 Å². The Morgan fingerprint density at radius 1 is 1.25 bits per heavy atom. The summed E-state index contributed by atoms with van der Waals surface area (Å²) < 4.78 is 37.1. The van der Waals surface area contributed by atoms with Gasteiger partial charge in [-0.25, -0.2) is 13.2 Å². The van der Waals surface area contributed by atoms with Gasteiger partial charge in [-0.2, -0.15) is 4.31 Å². The van der Waals surface area contributed by atoms with E-state index >= 15 is 0 Å². The number of carbonyl (C=O) groups excluding carboxylic acids is 1. The number of ether oxygens (including phenoxy) is 2. The highest BCUT2D eigenvalue weighted by atomic mass is 32.2. The lowest BCUT2D eigenvalue weighted by Gasteiger charge is -2.19. The Hall–Kier alpha value is -1.64. The van der Waals surface area contributed by atoms with Crippen LogP contribution in [0, 0.1) is 11.8 Å². The van der Waals surface area contributed by atoms with Crippen LogP contribution in [-0.2, 0) is 14.8 Å². The maximum atomic E-state index is 12.9. The summed E-state index contributed by atoms with van der Waals surface area (Å²) in [6.45, 7) is 0.955. The van der Waals surface area contributed by atoms with Gasteiger partial charge in [0.2, 0.25) is 10.0 Å². The Bertz CT molecular complexity index is 749. The van der Waals surface area contributed by atoms with Gasteiger partial charge >= 0.3 is 5.97 Å². The molecule has 132 valence electrons. The number of methoxy groups -OCH3 is 2. The molecule has 2 N–H and O–H groups in total. The zero-order valence-corrected chi connectivity index (χ0v) is 14.6. The molecule has 7 nitrogen and oxygen atoms in total. The fourth-order valence-electron chi connectivity index (χ4n) is 3.72. The molecule has 0 radical (unpaired) electrons. The van der Waals surface area contributed by atoms with Gasteiger partial charge in [-0.15, -0.1) is 0 Å². The Morgan fingerprint density at radius 2 is 2.00 bits per heavy atom. The van der Waals surface area contributed by atoms with Crippen LogP contribution in [0.4, 0.5) is 0 Å². The zero-order valence-electron chi connectivity index (χ0n) is 13.8. The molecule has 3 unspecified atom stereocenters. The molecule has 1 aliphatic heterocycles. The molecule has 0 spiro atoms. The molecule has 0 aromatic heterocycles. The molecule has 1 aromatic carbocycles. The molecular weight excluding hydrogens is 332 g/mol. The van der Waals surface area contributed by atoms with E-state index in [0.717, 1.165) is 12.8 Å². The van der Waals surface area contributed by atoms with Crippen LogP contribution in [0.5, 0.6) is 5.75 Å². The van der Waals surface area contributed by atoms with E-state index in [1.165, 1.54) is 36.7 Å². The average Bonchev–Trinajstić information content (AvgIpc) is 3.16. The van der Waals surface area contributed by atoms with Gasteiger partial charge in [0.05, 0.1) is 19.1 Å². The van der Waals surface area contributed by atoms with Crippen LogP contribution in [0.3, 0.4) is 0 Å². The lowest BCUT2D eigenvalue weighted by Crippen LogP contribution is -2.33. The van der Waals surface area contributed by atoms with Crippen molar-refractivity contribution < 1.29 is 22.7 Å². The highest BCUT2D eigenvalue weighted by molar-refractivity contribution is 7.89. The van der Waals surface area contributed by atoms with Gasteiger partial charge in [-0.05, 0) is 36.8 Å². The summed E-state index contributed by atoms with van der Waals surface area (Å²) in [7, 11) is -0.991. The van der Waals surface area contributed by atoms with E-state index in [4.69, 9.17) is 10.5 Å². The normalized spacial score (nSPS) is 27.0. The largest absolute Gasteiger partial charge is 0.496 e. The van der Waals surface area contributed by atoms with Crippen molar-refractivity contribution >= 4 is 16.0 Å². The minimum Gasteiger partial charge on any atom is -0.496 e. The number of rotatable bonds is 4. The minimum atomic E-state index is -3.64. The minimum absolute atomic E-state index is 0.0754. The van der Waals surface area contributed by atoms with E-state index in [9.17, 15) is 13.2 Å². The topological polar surface area (TPSA) is 98.9 Å². The molecule has 2 aliphatic rings. The molecule has 1 saturated heterocycles. The first kappa shape index (κ1) is 17.2. The van der Waals surface area contributed by atoms with E-state index in [1.807, 2.05) is 0 Å². The van der Waals surface area contributed by atoms with Crippen molar-refractivity contribution in [1.82, 2.24) is 4.31 Å². The maximum absolute atomic E-state index is 12.9. The first-order valence-corrected chi connectivity index (χ1v) is 9.34. The van der Waals surface area contributed by atoms with Crippen LogP contribution >= 0.6 is 0 Å². The Labute approximate surface area is 141 Å². The van der Waals surface area contributed by atoms with Gasteiger partial charge in [0.1, 0.15) is 11.3 Å². The quantitative estimate of drug-likeness (QED) is 0.805. The van der Waals surface area contributed by atoms with Gasteiger partial charge < -0.3 is 15.2 Å². The van der Waals surface area contributed by atoms with Gasteiger partial charge in [-0.3, -0.25) is 0 Å². The summed E-state index contributed by atoms with van der Waals surface area (Å²) in [6.07, 6.45) is 1.94. The highest BCUT2D eigenvalue weighted by Crippen LogP contribution is 2.39. The number of nitrogens with zero attached hydrogens (tertiary/aromatic N) is 1. The first-order valence-electron chi connectivity index (χ1n) is 7.90. The predicted octanol–water partition coefficient (Wildman–Crippen LogP) is 0.840. The number of nitrogens with two attached hydrogens (primary N) is 1. The SMILES string of the molecule is COC(=O)c1ccc(S(=O)(=O)N2CC3CCC(N)C3C2)cc1OC. The predicted molar refractivity (Wildman–Crippen MR) is 87.3 cm³/mol. The summed E-state index contributed by atoms with van der Waals surface area (Å²) in [6, 6.07) is 4.28. The third kappa shape index (κ3) is 2.78. The van der Waals surface area contributed by atoms with Gasteiger partial charge in [0.15, 0.2) is 0 Å². The average molecular weight is 354 g/mol. The van der Waals surface area contributed by atoms with Crippen molar-refractivity contribution in [3.63, 3.8) is 0 Å². The van der Waals surface area contributed by atoms with Crippen LogP contribution in [0.25, 0.3) is 0 Å². The second kappa shape index (κ2) is 6.34. The number of esters is 1. The van der Waals surface area contributed by atoms with E-state index in [-0.39, 0.29) is 28.2 Å². The molecule has 0 amide bonds. The van der Waals surface area contributed by atoms with Crippen molar-refractivity contribution in [3.05, 3.63) is 23.8 Å². The second-order valence-corrected chi connectivity index (χ2v) is 8.28. The van der Waals surface area contributed by atoms with Crippen LogP contribution in [0.1, 0.15) is 23.2 Å². The zero-order chi connectivity index (χ0) is 17.5. The second-order valence-electron chi connectivity index (χ2n) is 6.34. The van der Waals surface area contributed by atoms with E-state index < -0.39 is 16.0 Å². The Balaban J connectivity index is 1.89. The summed E-state index contributed by atoms with van der Waals surface area (Å²) in [4.78, 5) is 11.8. The summed E-state index contributed by atoms with van der Waals surface area (Å²) in [5, 5.41) is 0. The van der Waals surface area contributed by atoms with Crippen molar-refractivity contribution in [2.75, 3.05) is 27.3 Å². The molecule has 1 heterocycles. The number of hydrogen-bond acceptors (Lipinski definition) is 6. The lowest BCUT2D eigenvalue weighted by molar-refractivity contribution is 0.0597. The molecule has 24 heavy (non-hydrogen) atoms. The summed E-state index contributed by atoms with van der Waals surface area (Å²) in [5.74, 6) is 0.179. The summed E-state index contributed by atoms with van der Waals surface area (Å²) in [5.41, 5.74) is 6.28. The molecule has 1 aliphatic carbocycles. The third-order valence-corrected chi connectivity index (χ3v) is 6.92. The maximum Gasteiger partial charge on any atom is 0.341 e. The molecule has 8 heteroatoms. The fraction of sp³-hybridized carbons (Fsp3) is 0.562. The summed E-state index contributed by atoms with van der Waals surface area (Å²) >= 11 is 0. The molecule has 1 saturated carbocycles. The molecule has 2 fully saturated rings. The van der Waals surface area contributed by atoms with Crippen molar-refractivity contribution in [3.8, 4) is 5.75 Å². The van der Waals surface area contributed by atoms with E-state index in [0.29, 0.717) is 19.0 Å². The highest BCUT2D eigenvalue weighted by Gasteiger charge is 2.45. The third-order valence-electron chi connectivity index (χ3n) is 5.09. The number of benzene rings is 1. The van der Waals surface area contributed by atoms with Crippen LogP contribution in [-0.4, -0.2) is 52.0 Å². The molecule has 1 aromatic rings. The molecular formula is C16H22N2O5S.